The fraction of sp³-hybridized carbons (Fsp3) is 0.632. The van der Waals surface area contributed by atoms with Crippen LogP contribution in [0.2, 0.25) is 0 Å². The van der Waals surface area contributed by atoms with Gasteiger partial charge in [-0.2, -0.15) is 0 Å². The number of methoxy groups -OCH3 is 1. The first kappa shape index (κ1) is 16.5. The summed E-state index contributed by atoms with van der Waals surface area (Å²) in [6.45, 7) is 2.49. The van der Waals surface area contributed by atoms with Crippen LogP contribution in [0.5, 0.6) is 17.2 Å². The summed E-state index contributed by atoms with van der Waals surface area (Å²) in [6.07, 6.45) is 4.55. The molecule has 2 fully saturated rings. The molecule has 3 atom stereocenters. The molecule has 0 bridgehead atoms. The van der Waals surface area contributed by atoms with Crippen LogP contribution in [0.4, 0.5) is 0 Å². The number of rotatable bonds is 4. The van der Waals surface area contributed by atoms with Crippen LogP contribution < -0.4 is 14.2 Å². The van der Waals surface area contributed by atoms with Crippen LogP contribution in [0.1, 0.15) is 31.2 Å². The highest BCUT2D eigenvalue weighted by Crippen LogP contribution is 2.43. The number of nitrogens with zero attached hydrogens (tertiary/aromatic N) is 1. The van der Waals surface area contributed by atoms with Gasteiger partial charge < -0.3 is 19.3 Å². The Hall–Kier alpha value is -1.95. The zero-order chi connectivity index (χ0) is 17.4. The normalized spacial score (nSPS) is 28.4. The number of carboxylic acids is 1. The largest absolute Gasteiger partial charge is 0.493 e. The Bertz CT molecular complexity index is 644. The van der Waals surface area contributed by atoms with Crippen molar-refractivity contribution in [3.63, 3.8) is 0 Å². The lowest BCUT2D eigenvalue weighted by Gasteiger charge is -2.28. The zero-order valence-electron chi connectivity index (χ0n) is 14.6. The molecular weight excluding hydrogens is 322 g/mol. The Labute approximate surface area is 147 Å². The molecule has 1 aromatic rings. The van der Waals surface area contributed by atoms with Gasteiger partial charge in [0.1, 0.15) is 19.3 Å². The van der Waals surface area contributed by atoms with E-state index < -0.39 is 5.97 Å². The second-order valence-electron chi connectivity index (χ2n) is 7.24. The molecule has 0 spiro atoms. The number of hydrogen-bond donors (Lipinski definition) is 1. The third-order valence-corrected chi connectivity index (χ3v) is 5.76. The lowest BCUT2D eigenvalue weighted by molar-refractivity contribution is -0.144. The van der Waals surface area contributed by atoms with Crippen LogP contribution >= 0.6 is 0 Å². The first-order chi connectivity index (χ1) is 12.2. The van der Waals surface area contributed by atoms with E-state index in [0.717, 1.165) is 31.4 Å². The highest BCUT2D eigenvalue weighted by Gasteiger charge is 2.46. The molecule has 6 nitrogen and oxygen atoms in total. The number of benzene rings is 1. The van der Waals surface area contributed by atoms with Crippen LogP contribution in [0.25, 0.3) is 0 Å². The molecule has 1 N–H and O–H groups in total. The number of ether oxygens (including phenoxy) is 3. The standard InChI is InChI=1S/C19H25NO5/c1-23-15-8-12(9-16-18(15)25-7-6-24-16)10-20-11-13-4-2-3-5-14(13)17(20)19(21)22/h8-9,13-14,17H,2-7,10-11H2,1H3,(H,21,22)/t13-,14-,17-/m0/s1. The number of likely N-dealkylation sites (tertiary alicyclic amines) is 1. The van der Waals surface area contributed by atoms with Crippen molar-refractivity contribution in [3.8, 4) is 17.2 Å². The van der Waals surface area contributed by atoms with E-state index in [0.29, 0.717) is 42.9 Å². The lowest BCUT2D eigenvalue weighted by Crippen LogP contribution is -2.39. The van der Waals surface area contributed by atoms with Crippen molar-refractivity contribution in [3.05, 3.63) is 17.7 Å². The van der Waals surface area contributed by atoms with Gasteiger partial charge in [-0.25, -0.2) is 0 Å². The van der Waals surface area contributed by atoms with Gasteiger partial charge in [0.15, 0.2) is 11.5 Å². The summed E-state index contributed by atoms with van der Waals surface area (Å²) in [4.78, 5) is 14.0. The van der Waals surface area contributed by atoms with Crippen molar-refractivity contribution in [1.29, 1.82) is 0 Å². The Morgan fingerprint density at radius 1 is 1.28 bits per heavy atom. The predicted octanol–water partition coefficient (Wildman–Crippen LogP) is 2.54. The Morgan fingerprint density at radius 2 is 2.08 bits per heavy atom. The highest BCUT2D eigenvalue weighted by atomic mass is 16.6. The minimum Gasteiger partial charge on any atom is -0.493 e. The average molecular weight is 347 g/mol. The topological polar surface area (TPSA) is 68.2 Å². The van der Waals surface area contributed by atoms with Gasteiger partial charge in [0, 0.05) is 13.1 Å². The first-order valence-corrected chi connectivity index (χ1v) is 9.10. The van der Waals surface area contributed by atoms with E-state index in [4.69, 9.17) is 14.2 Å². The van der Waals surface area contributed by atoms with Gasteiger partial charge in [-0.1, -0.05) is 12.8 Å². The monoisotopic (exact) mass is 347 g/mol. The molecule has 0 unspecified atom stereocenters. The first-order valence-electron chi connectivity index (χ1n) is 9.10. The predicted molar refractivity (Wildman–Crippen MR) is 91.3 cm³/mol. The van der Waals surface area contributed by atoms with E-state index in [1.807, 2.05) is 12.1 Å². The van der Waals surface area contributed by atoms with Crippen LogP contribution in [0.3, 0.4) is 0 Å². The van der Waals surface area contributed by atoms with Crippen molar-refractivity contribution in [2.75, 3.05) is 26.9 Å². The maximum Gasteiger partial charge on any atom is 0.321 e. The Kier molecular flexibility index (Phi) is 4.46. The maximum absolute atomic E-state index is 11.9. The maximum atomic E-state index is 11.9. The average Bonchev–Trinajstić information content (AvgIpc) is 2.98. The fourth-order valence-electron chi connectivity index (χ4n) is 4.72. The van der Waals surface area contributed by atoms with Crippen molar-refractivity contribution >= 4 is 5.97 Å². The SMILES string of the molecule is COc1cc(CN2C[C@@H]3CCCC[C@@H]3[C@H]2C(=O)O)cc2c1OCCO2. The minimum atomic E-state index is -0.695. The molecule has 0 aromatic heterocycles. The van der Waals surface area contributed by atoms with Gasteiger partial charge in [0.2, 0.25) is 5.75 Å². The van der Waals surface area contributed by atoms with E-state index in [9.17, 15) is 9.90 Å². The summed E-state index contributed by atoms with van der Waals surface area (Å²) >= 11 is 0. The molecule has 0 amide bonds. The van der Waals surface area contributed by atoms with E-state index >= 15 is 0 Å². The molecule has 1 aromatic carbocycles. The van der Waals surface area contributed by atoms with Crippen molar-refractivity contribution in [2.24, 2.45) is 11.8 Å². The molecule has 25 heavy (non-hydrogen) atoms. The lowest BCUT2D eigenvalue weighted by atomic mass is 9.78. The van der Waals surface area contributed by atoms with Crippen molar-refractivity contribution in [2.45, 2.75) is 38.3 Å². The molecule has 2 heterocycles. The highest BCUT2D eigenvalue weighted by molar-refractivity contribution is 5.74. The number of hydrogen-bond acceptors (Lipinski definition) is 5. The summed E-state index contributed by atoms with van der Waals surface area (Å²) in [7, 11) is 1.61. The molecule has 4 rings (SSSR count). The summed E-state index contributed by atoms with van der Waals surface area (Å²) in [5, 5.41) is 9.78. The van der Waals surface area contributed by atoms with Gasteiger partial charge in [-0.3, -0.25) is 9.69 Å². The van der Waals surface area contributed by atoms with Gasteiger partial charge in [-0.15, -0.1) is 0 Å². The molecule has 0 radical (unpaired) electrons. The summed E-state index contributed by atoms with van der Waals surface area (Å²) in [5.74, 6) is 2.07. The second-order valence-corrected chi connectivity index (χ2v) is 7.24. The fourth-order valence-corrected chi connectivity index (χ4v) is 4.72. The Balaban J connectivity index is 1.59. The number of fused-ring (bicyclic) bond motifs is 2. The summed E-state index contributed by atoms with van der Waals surface area (Å²) in [6, 6.07) is 3.51. The van der Waals surface area contributed by atoms with Crippen LogP contribution in [0, 0.1) is 11.8 Å². The molecule has 1 saturated carbocycles. The number of aliphatic carboxylic acids is 1. The smallest absolute Gasteiger partial charge is 0.321 e. The molecule has 2 aliphatic heterocycles. The van der Waals surface area contributed by atoms with Gasteiger partial charge >= 0.3 is 5.97 Å². The summed E-state index contributed by atoms with van der Waals surface area (Å²) in [5.41, 5.74) is 1.01. The third kappa shape index (κ3) is 3.03. The quantitative estimate of drug-likeness (QED) is 0.903. The van der Waals surface area contributed by atoms with E-state index in [1.165, 1.54) is 6.42 Å². The van der Waals surface area contributed by atoms with Crippen LogP contribution in [-0.4, -0.2) is 48.9 Å². The minimum absolute atomic E-state index is 0.283. The van der Waals surface area contributed by atoms with Crippen molar-refractivity contribution in [1.82, 2.24) is 4.90 Å². The molecule has 1 saturated heterocycles. The van der Waals surface area contributed by atoms with Crippen molar-refractivity contribution < 1.29 is 24.1 Å². The van der Waals surface area contributed by atoms with Crippen LogP contribution in [0.15, 0.2) is 12.1 Å². The van der Waals surface area contributed by atoms with Gasteiger partial charge in [0.25, 0.3) is 0 Å². The van der Waals surface area contributed by atoms with E-state index in [-0.39, 0.29) is 12.0 Å². The van der Waals surface area contributed by atoms with E-state index in [2.05, 4.69) is 4.90 Å². The molecular formula is C19H25NO5. The number of carbonyl (C=O) groups is 1. The summed E-state index contributed by atoms with van der Waals surface area (Å²) < 4.78 is 16.8. The van der Waals surface area contributed by atoms with Gasteiger partial charge in [0.05, 0.1) is 7.11 Å². The molecule has 1 aliphatic carbocycles. The number of carboxylic acid groups (broad SMARTS) is 1. The Morgan fingerprint density at radius 3 is 2.88 bits per heavy atom. The van der Waals surface area contributed by atoms with Crippen LogP contribution in [-0.2, 0) is 11.3 Å². The molecule has 6 heteroatoms. The second kappa shape index (κ2) is 6.75. The molecule has 136 valence electrons. The third-order valence-electron chi connectivity index (χ3n) is 5.76. The van der Waals surface area contributed by atoms with Gasteiger partial charge in [-0.05, 0) is 42.4 Å². The van der Waals surface area contributed by atoms with E-state index in [1.54, 1.807) is 7.11 Å². The molecule has 3 aliphatic rings. The zero-order valence-corrected chi connectivity index (χ0v) is 14.6.